The van der Waals surface area contributed by atoms with E-state index in [1.807, 2.05) is 0 Å². The molecular weight excluding hydrogens is 544 g/mol. The van der Waals surface area contributed by atoms with Gasteiger partial charge >= 0.3 is 6.18 Å². The average Bonchev–Trinajstić information content (AvgIpc) is 3.51. The van der Waals surface area contributed by atoms with Crippen molar-refractivity contribution in [2.24, 2.45) is 11.8 Å². The summed E-state index contributed by atoms with van der Waals surface area (Å²) in [6, 6.07) is 9.26. The fraction of sp³-hybridized carbons (Fsp3) is 0.231. The quantitative estimate of drug-likeness (QED) is 0.179. The van der Waals surface area contributed by atoms with Crippen LogP contribution in [0.15, 0.2) is 66.0 Å². The van der Waals surface area contributed by atoms with Crippen LogP contribution < -0.4 is 4.72 Å². The first-order valence-corrected chi connectivity index (χ1v) is 13.4. The minimum Gasteiger partial charge on any atom is -0.276 e. The van der Waals surface area contributed by atoms with E-state index in [0.717, 1.165) is 24.3 Å². The van der Waals surface area contributed by atoms with Gasteiger partial charge in [0, 0.05) is 23.9 Å². The molecule has 2 atom stereocenters. The number of alkyl halides is 3. The number of benzene rings is 1. The summed E-state index contributed by atoms with van der Waals surface area (Å²) in [4.78, 5) is 3.93. The van der Waals surface area contributed by atoms with Crippen molar-refractivity contribution in [2.45, 2.75) is 30.3 Å². The van der Waals surface area contributed by atoms with Gasteiger partial charge in [-0.2, -0.15) is 18.3 Å². The lowest BCUT2D eigenvalue weighted by molar-refractivity contribution is -0.178. The molecule has 1 aromatic carbocycles. The molecule has 1 aliphatic rings. The van der Waals surface area contributed by atoms with Crippen LogP contribution in [0.2, 0.25) is 5.15 Å². The molecule has 0 amide bonds. The summed E-state index contributed by atoms with van der Waals surface area (Å²) in [7, 11) is -4.07. The molecule has 3 heterocycles. The lowest BCUT2D eigenvalue weighted by Crippen LogP contribution is -2.25. The van der Waals surface area contributed by atoms with Gasteiger partial charge in [-0.1, -0.05) is 29.9 Å². The number of nitrogens with one attached hydrogen (secondary N) is 1. The zero-order valence-electron chi connectivity index (χ0n) is 19.5. The zero-order valence-corrected chi connectivity index (χ0v) is 21.1. The summed E-state index contributed by atoms with van der Waals surface area (Å²) in [5, 5.41) is 4.13. The third-order valence-corrected chi connectivity index (χ3v) is 8.07. The van der Waals surface area contributed by atoms with E-state index < -0.39 is 33.9 Å². The number of fused-ring (bicyclic) bond motifs is 1. The van der Waals surface area contributed by atoms with Crippen molar-refractivity contribution in [3.63, 3.8) is 0 Å². The molecule has 1 saturated carbocycles. The highest BCUT2D eigenvalue weighted by atomic mass is 35.5. The number of hydrogen-bond donors (Lipinski definition) is 1. The molecule has 4 aromatic rings. The van der Waals surface area contributed by atoms with E-state index in [4.69, 9.17) is 11.6 Å². The van der Waals surface area contributed by atoms with Crippen LogP contribution in [0.4, 0.5) is 23.2 Å². The van der Waals surface area contributed by atoms with E-state index in [1.165, 1.54) is 18.5 Å². The van der Waals surface area contributed by atoms with Crippen LogP contribution in [0, 0.1) is 29.5 Å². The van der Waals surface area contributed by atoms with E-state index in [2.05, 4.69) is 26.6 Å². The zero-order chi connectivity index (χ0) is 27.1. The highest BCUT2D eigenvalue weighted by molar-refractivity contribution is 7.92. The molecule has 2 unspecified atom stereocenters. The third kappa shape index (κ3) is 5.33. The molecule has 0 saturated heterocycles. The first kappa shape index (κ1) is 26.0. The van der Waals surface area contributed by atoms with Crippen molar-refractivity contribution in [3.8, 4) is 23.0 Å². The van der Waals surface area contributed by atoms with Gasteiger partial charge in [-0.25, -0.2) is 22.3 Å². The molecule has 1 N–H and O–H groups in total. The summed E-state index contributed by atoms with van der Waals surface area (Å²) in [5.41, 5.74) is 2.20. The van der Waals surface area contributed by atoms with Gasteiger partial charge in [-0.15, -0.1) is 0 Å². The highest BCUT2D eigenvalue weighted by Crippen LogP contribution is 2.42. The van der Waals surface area contributed by atoms with Crippen LogP contribution >= 0.6 is 11.6 Å². The molecule has 0 spiro atoms. The maximum absolute atomic E-state index is 13.3. The monoisotopic (exact) mass is 562 g/mol. The molecular formula is C26H19ClF4N4O2S. The number of aromatic nitrogens is 3. The lowest BCUT2D eigenvalue weighted by atomic mass is 9.96. The molecule has 12 heteroatoms. The molecule has 0 radical (unpaired) electrons. The molecule has 0 bridgehead atoms. The van der Waals surface area contributed by atoms with Crippen molar-refractivity contribution in [1.29, 1.82) is 0 Å². The Balaban J connectivity index is 1.45. The average molecular weight is 563 g/mol. The number of nitrogens with zero attached hydrogens (tertiary/aromatic N) is 3. The maximum atomic E-state index is 13.3. The Kier molecular flexibility index (Phi) is 6.79. The second-order valence-electron chi connectivity index (χ2n) is 8.88. The lowest BCUT2D eigenvalue weighted by Gasteiger charge is -2.17. The molecule has 3 aromatic heterocycles. The fourth-order valence-electron chi connectivity index (χ4n) is 4.45. The highest BCUT2D eigenvalue weighted by Gasteiger charge is 2.46. The molecule has 196 valence electrons. The number of pyridine rings is 2. The van der Waals surface area contributed by atoms with Gasteiger partial charge in [0.05, 0.1) is 33.8 Å². The number of rotatable bonds is 4. The normalized spacial score (nSPS) is 17.8. The number of hydrogen-bond acceptors (Lipinski definition) is 4. The molecule has 6 nitrogen and oxygen atoms in total. The number of halogens is 5. The maximum Gasteiger partial charge on any atom is 0.392 e. The predicted octanol–water partition coefficient (Wildman–Crippen LogP) is 6.32. The summed E-state index contributed by atoms with van der Waals surface area (Å²) in [6.45, 7) is 0. The van der Waals surface area contributed by atoms with Gasteiger partial charge in [0.25, 0.3) is 10.0 Å². The summed E-state index contributed by atoms with van der Waals surface area (Å²) in [5.74, 6) is 2.91. The Morgan fingerprint density at radius 3 is 2.55 bits per heavy atom. The van der Waals surface area contributed by atoms with Crippen LogP contribution in [0.1, 0.15) is 24.8 Å². The topological polar surface area (TPSA) is 76.4 Å². The van der Waals surface area contributed by atoms with E-state index in [1.54, 1.807) is 22.8 Å². The Morgan fingerprint density at radius 1 is 1.05 bits per heavy atom. The molecule has 38 heavy (non-hydrogen) atoms. The minimum atomic E-state index is -4.28. The van der Waals surface area contributed by atoms with E-state index in [-0.39, 0.29) is 22.2 Å². The summed E-state index contributed by atoms with van der Waals surface area (Å²) < 4.78 is 82.5. The van der Waals surface area contributed by atoms with E-state index in [9.17, 15) is 26.0 Å². The van der Waals surface area contributed by atoms with Crippen LogP contribution in [0.5, 0.6) is 0 Å². The van der Waals surface area contributed by atoms with E-state index >= 15 is 0 Å². The third-order valence-electron chi connectivity index (χ3n) is 6.39. The van der Waals surface area contributed by atoms with Gasteiger partial charge in [-0.05, 0) is 60.9 Å². The largest absolute Gasteiger partial charge is 0.392 e. The predicted molar refractivity (Wildman–Crippen MR) is 134 cm³/mol. The molecule has 1 aliphatic carbocycles. The van der Waals surface area contributed by atoms with Crippen LogP contribution in [0.25, 0.3) is 16.6 Å². The van der Waals surface area contributed by atoms with Crippen molar-refractivity contribution in [1.82, 2.24) is 14.6 Å². The Hall–Kier alpha value is -3.62. The van der Waals surface area contributed by atoms with Crippen molar-refractivity contribution in [2.75, 3.05) is 4.72 Å². The number of anilines is 1. The van der Waals surface area contributed by atoms with Gasteiger partial charge in [0.1, 0.15) is 5.82 Å². The Labute approximate surface area is 220 Å². The van der Waals surface area contributed by atoms with Gasteiger partial charge in [0.15, 0.2) is 5.15 Å². The van der Waals surface area contributed by atoms with Gasteiger partial charge < -0.3 is 0 Å². The van der Waals surface area contributed by atoms with Crippen LogP contribution in [-0.2, 0) is 10.0 Å². The second kappa shape index (κ2) is 9.93. The minimum absolute atomic E-state index is 0.0151. The fourth-order valence-corrected chi connectivity index (χ4v) is 5.71. The van der Waals surface area contributed by atoms with Gasteiger partial charge in [-0.3, -0.25) is 4.72 Å². The SMILES string of the molecule is O=S(=O)(Nc1cc(-c2ccn3ncc(C#CC4CCCC4C(F)(F)F)c3c2)cnc1Cl)c1ccc(F)cc1. The van der Waals surface area contributed by atoms with Crippen molar-refractivity contribution in [3.05, 3.63) is 77.6 Å². The first-order chi connectivity index (χ1) is 18.0. The summed E-state index contributed by atoms with van der Waals surface area (Å²) in [6.07, 6.45) is 1.29. The van der Waals surface area contributed by atoms with E-state index in [0.29, 0.717) is 35.0 Å². The van der Waals surface area contributed by atoms with Crippen molar-refractivity contribution < 1.29 is 26.0 Å². The smallest absolute Gasteiger partial charge is 0.276 e. The standard InChI is InChI=1S/C26H19ClF4N4O2S/c27-25-23(34-38(36,37)21-8-6-20(28)7-9-21)12-19(14-32-25)17-10-11-35-24(13-17)18(15-33-35)5-4-16-2-1-3-22(16)26(29,30)31/h6-16,22,34H,1-3H2. The first-order valence-electron chi connectivity index (χ1n) is 11.5. The number of sulfonamides is 1. The Bertz CT molecular complexity index is 1680. The molecule has 0 aliphatic heterocycles. The van der Waals surface area contributed by atoms with Crippen LogP contribution in [-0.4, -0.2) is 29.2 Å². The molecule has 5 rings (SSSR count). The van der Waals surface area contributed by atoms with Crippen molar-refractivity contribution >= 4 is 32.8 Å². The Morgan fingerprint density at radius 2 is 1.82 bits per heavy atom. The summed E-state index contributed by atoms with van der Waals surface area (Å²) >= 11 is 6.14. The molecule has 1 fully saturated rings. The second-order valence-corrected chi connectivity index (χ2v) is 10.9. The van der Waals surface area contributed by atoms with Crippen LogP contribution in [0.3, 0.4) is 0 Å². The van der Waals surface area contributed by atoms with Gasteiger partial charge in [0.2, 0.25) is 0 Å².